The minimum absolute atomic E-state index is 0.00232. The number of benzene rings is 1. The number of aromatic nitrogens is 2. The zero-order chi connectivity index (χ0) is 16.4. The van der Waals surface area contributed by atoms with E-state index in [0.29, 0.717) is 6.61 Å². The van der Waals surface area contributed by atoms with Crippen molar-refractivity contribution in [2.45, 2.75) is 20.8 Å². The minimum atomic E-state index is -0.00232. The summed E-state index contributed by atoms with van der Waals surface area (Å²) in [6.45, 7) is 6.43. The van der Waals surface area contributed by atoms with Crippen molar-refractivity contribution in [2.75, 3.05) is 6.61 Å². The Kier molecular flexibility index (Phi) is 4.30. The third-order valence-electron chi connectivity index (χ3n) is 3.48. The fraction of sp³-hybridized carbons (Fsp3) is 0.222. The van der Waals surface area contributed by atoms with E-state index in [9.17, 15) is 4.79 Å². The Morgan fingerprint density at radius 3 is 2.65 bits per heavy atom. The molecule has 0 unspecified atom stereocenters. The first-order valence-electron chi connectivity index (χ1n) is 7.48. The monoisotopic (exact) mass is 326 g/mol. The summed E-state index contributed by atoms with van der Waals surface area (Å²) < 4.78 is 7.12. The van der Waals surface area contributed by atoms with Gasteiger partial charge in [-0.1, -0.05) is 11.3 Å². The van der Waals surface area contributed by atoms with E-state index < -0.39 is 0 Å². The third kappa shape index (κ3) is 3.19. The summed E-state index contributed by atoms with van der Waals surface area (Å²) in [5, 5.41) is 1.71. The Labute approximate surface area is 139 Å². The van der Waals surface area contributed by atoms with Crippen LogP contribution in [0, 0.1) is 13.8 Å². The number of rotatable bonds is 4. The van der Waals surface area contributed by atoms with Crippen molar-refractivity contribution in [1.82, 2.24) is 9.55 Å². The number of aryl methyl sites for hydroxylation is 2. The van der Waals surface area contributed by atoms with Gasteiger partial charge in [0.15, 0.2) is 0 Å². The molecular formula is C18H18N2O2S. The molecule has 0 saturated heterocycles. The lowest BCUT2D eigenvalue weighted by atomic mass is 10.2. The molecule has 0 spiro atoms. The van der Waals surface area contributed by atoms with Gasteiger partial charge in [0.05, 0.1) is 12.8 Å². The molecule has 4 nitrogen and oxygen atoms in total. The summed E-state index contributed by atoms with van der Waals surface area (Å²) in [5.74, 6) is 0.846. The second kappa shape index (κ2) is 6.38. The van der Waals surface area contributed by atoms with E-state index in [1.807, 2.05) is 57.3 Å². The topological polar surface area (TPSA) is 44.1 Å². The van der Waals surface area contributed by atoms with Gasteiger partial charge in [-0.2, -0.15) is 0 Å². The molecule has 0 aliphatic rings. The van der Waals surface area contributed by atoms with Crippen LogP contribution in [0.3, 0.4) is 0 Å². The van der Waals surface area contributed by atoms with Gasteiger partial charge in [-0.15, -0.1) is 0 Å². The maximum absolute atomic E-state index is 12.3. The maximum Gasteiger partial charge on any atom is 0.258 e. The number of nitrogens with zero attached hydrogens (tertiary/aromatic N) is 2. The minimum Gasteiger partial charge on any atom is -0.494 e. The fourth-order valence-electron chi connectivity index (χ4n) is 2.43. The van der Waals surface area contributed by atoms with Crippen LogP contribution in [0.25, 0.3) is 15.6 Å². The van der Waals surface area contributed by atoms with E-state index in [0.717, 1.165) is 32.4 Å². The Morgan fingerprint density at radius 2 is 1.96 bits per heavy atom. The SMILES string of the molecule is CCOc1ccc(-c2ncc(-n3cc(C)cc(C)c3=O)s2)cc1. The van der Waals surface area contributed by atoms with E-state index in [2.05, 4.69) is 4.98 Å². The molecule has 0 atom stereocenters. The molecule has 0 N–H and O–H groups in total. The maximum atomic E-state index is 12.3. The lowest BCUT2D eigenvalue weighted by Gasteiger charge is -2.05. The highest BCUT2D eigenvalue weighted by Gasteiger charge is 2.09. The first kappa shape index (κ1) is 15.5. The smallest absolute Gasteiger partial charge is 0.258 e. The van der Waals surface area contributed by atoms with Crippen molar-refractivity contribution in [2.24, 2.45) is 0 Å². The molecule has 0 saturated carbocycles. The van der Waals surface area contributed by atoms with Crippen molar-refractivity contribution in [1.29, 1.82) is 0 Å². The lowest BCUT2D eigenvalue weighted by Crippen LogP contribution is -2.19. The quantitative estimate of drug-likeness (QED) is 0.728. The molecule has 2 heterocycles. The highest BCUT2D eigenvalue weighted by Crippen LogP contribution is 2.28. The van der Waals surface area contributed by atoms with Crippen molar-refractivity contribution >= 4 is 11.3 Å². The van der Waals surface area contributed by atoms with Crippen LogP contribution in [-0.2, 0) is 0 Å². The number of ether oxygens (including phenoxy) is 1. The summed E-state index contributed by atoms with van der Waals surface area (Å²) in [7, 11) is 0. The van der Waals surface area contributed by atoms with E-state index in [4.69, 9.17) is 4.74 Å². The molecule has 5 heteroatoms. The second-order valence-electron chi connectivity index (χ2n) is 5.34. The van der Waals surface area contributed by atoms with Crippen LogP contribution in [0.2, 0.25) is 0 Å². The Morgan fingerprint density at radius 1 is 1.22 bits per heavy atom. The van der Waals surface area contributed by atoms with Crippen LogP contribution in [0.1, 0.15) is 18.1 Å². The van der Waals surface area contributed by atoms with Crippen molar-refractivity contribution in [3.63, 3.8) is 0 Å². The summed E-state index contributed by atoms with van der Waals surface area (Å²) in [4.78, 5) is 16.8. The van der Waals surface area contributed by atoms with Gasteiger partial charge in [0.25, 0.3) is 5.56 Å². The molecule has 3 rings (SSSR count). The van der Waals surface area contributed by atoms with Gasteiger partial charge in [0.2, 0.25) is 0 Å². The van der Waals surface area contributed by atoms with Crippen molar-refractivity contribution in [3.8, 4) is 21.3 Å². The van der Waals surface area contributed by atoms with Crippen LogP contribution in [-0.4, -0.2) is 16.2 Å². The van der Waals surface area contributed by atoms with Gasteiger partial charge in [-0.3, -0.25) is 9.36 Å². The average Bonchev–Trinajstić information content (AvgIpc) is 3.01. The highest BCUT2D eigenvalue weighted by molar-refractivity contribution is 7.17. The van der Waals surface area contributed by atoms with Gasteiger partial charge in [-0.25, -0.2) is 4.98 Å². The van der Waals surface area contributed by atoms with Crippen LogP contribution in [0.5, 0.6) is 5.75 Å². The summed E-state index contributed by atoms with van der Waals surface area (Å²) >= 11 is 1.50. The lowest BCUT2D eigenvalue weighted by molar-refractivity contribution is 0.340. The van der Waals surface area contributed by atoms with Gasteiger partial charge in [0.1, 0.15) is 15.8 Å². The molecule has 0 radical (unpaired) electrons. The van der Waals surface area contributed by atoms with E-state index in [-0.39, 0.29) is 5.56 Å². The predicted molar refractivity (Wildman–Crippen MR) is 93.8 cm³/mol. The summed E-state index contributed by atoms with van der Waals surface area (Å²) in [6.07, 6.45) is 3.60. The Bertz CT molecular complexity index is 879. The molecule has 0 amide bonds. The standard InChI is InChI=1S/C18H18N2O2S/c1-4-22-15-7-5-14(6-8-15)17-19-10-16(23-17)20-11-12(2)9-13(3)18(20)21/h5-11H,4H2,1-3H3. The summed E-state index contributed by atoms with van der Waals surface area (Å²) in [6, 6.07) is 9.73. The molecule has 3 aromatic rings. The molecule has 23 heavy (non-hydrogen) atoms. The first-order valence-corrected chi connectivity index (χ1v) is 8.29. The van der Waals surface area contributed by atoms with E-state index in [1.54, 1.807) is 10.8 Å². The molecule has 2 aromatic heterocycles. The molecule has 0 fully saturated rings. The summed E-state index contributed by atoms with van der Waals surface area (Å²) in [5.41, 5.74) is 2.80. The van der Waals surface area contributed by atoms with Crippen LogP contribution < -0.4 is 10.3 Å². The van der Waals surface area contributed by atoms with Crippen LogP contribution >= 0.6 is 11.3 Å². The molecule has 0 bridgehead atoms. The van der Waals surface area contributed by atoms with E-state index >= 15 is 0 Å². The van der Waals surface area contributed by atoms with Gasteiger partial charge in [0, 0.05) is 17.3 Å². The molecule has 0 aliphatic carbocycles. The second-order valence-corrected chi connectivity index (χ2v) is 6.35. The predicted octanol–water partition coefficient (Wildman–Crippen LogP) is 3.98. The molecular weight excluding hydrogens is 308 g/mol. The largest absolute Gasteiger partial charge is 0.494 e. The fourth-order valence-corrected chi connectivity index (χ4v) is 3.32. The third-order valence-corrected chi connectivity index (χ3v) is 4.52. The zero-order valence-electron chi connectivity index (χ0n) is 13.4. The van der Waals surface area contributed by atoms with Crippen LogP contribution in [0.4, 0.5) is 0 Å². The number of pyridine rings is 1. The van der Waals surface area contributed by atoms with E-state index in [1.165, 1.54) is 11.3 Å². The normalized spacial score (nSPS) is 10.7. The van der Waals surface area contributed by atoms with Crippen LogP contribution in [0.15, 0.2) is 47.5 Å². The van der Waals surface area contributed by atoms with Gasteiger partial charge in [-0.05, 0) is 56.7 Å². The Balaban J connectivity index is 1.96. The Hall–Kier alpha value is -2.40. The number of hydrogen-bond donors (Lipinski definition) is 0. The highest BCUT2D eigenvalue weighted by atomic mass is 32.1. The number of hydrogen-bond acceptors (Lipinski definition) is 4. The van der Waals surface area contributed by atoms with Crippen molar-refractivity contribution in [3.05, 3.63) is 64.2 Å². The van der Waals surface area contributed by atoms with Gasteiger partial charge < -0.3 is 4.74 Å². The zero-order valence-corrected chi connectivity index (χ0v) is 14.2. The molecule has 0 aliphatic heterocycles. The number of thiazole rings is 1. The first-order chi connectivity index (χ1) is 11.1. The van der Waals surface area contributed by atoms with Gasteiger partial charge >= 0.3 is 0 Å². The molecule has 118 valence electrons. The van der Waals surface area contributed by atoms with Crippen molar-refractivity contribution < 1.29 is 4.74 Å². The average molecular weight is 326 g/mol. The molecule has 1 aromatic carbocycles.